The third kappa shape index (κ3) is 5.26. The van der Waals surface area contributed by atoms with Crippen molar-refractivity contribution in [2.75, 3.05) is 13.1 Å². The average molecular weight is 467 g/mol. The molecular formula is C22H34N4O3S2. The van der Waals surface area contributed by atoms with Gasteiger partial charge in [-0.2, -0.15) is 4.31 Å². The van der Waals surface area contributed by atoms with Gasteiger partial charge in [-0.05, 0) is 44.9 Å². The highest BCUT2D eigenvalue weighted by Crippen LogP contribution is 2.30. The molecule has 7 nitrogen and oxygen atoms in total. The number of thioether (sulfide) groups is 1. The molecule has 1 unspecified atom stereocenters. The molecule has 1 aromatic carbocycles. The second-order valence-electron chi connectivity index (χ2n) is 7.98. The molecule has 1 N–H and O–H groups in total. The number of nitrogens with one attached hydrogen (secondary N) is 1. The number of carbonyl (C=O) groups is 1. The zero-order chi connectivity index (χ0) is 22.6. The summed E-state index contributed by atoms with van der Waals surface area (Å²) in [5.41, 5.74) is 1.51. The Labute approximate surface area is 190 Å². The van der Waals surface area contributed by atoms with Crippen molar-refractivity contribution in [3.8, 4) is 0 Å². The quantitative estimate of drug-likeness (QED) is 0.564. The van der Waals surface area contributed by atoms with E-state index in [0.29, 0.717) is 25.2 Å². The van der Waals surface area contributed by atoms with E-state index in [1.165, 1.54) is 35.3 Å². The molecule has 3 rings (SSSR count). The van der Waals surface area contributed by atoms with Crippen LogP contribution in [0.25, 0.3) is 11.0 Å². The van der Waals surface area contributed by atoms with Gasteiger partial charge in [0.25, 0.3) is 0 Å². The van der Waals surface area contributed by atoms with Gasteiger partial charge in [0.15, 0.2) is 5.16 Å². The van der Waals surface area contributed by atoms with E-state index in [9.17, 15) is 13.2 Å². The van der Waals surface area contributed by atoms with Crippen LogP contribution < -0.4 is 5.32 Å². The van der Waals surface area contributed by atoms with E-state index >= 15 is 0 Å². The maximum Gasteiger partial charge on any atom is 0.243 e. The van der Waals surface area contributed by atoms with Gasteiger partial charge >= 0.3 is 0 Å². The second kappa shape index (κ2) is 10.4. The fourth-order valence-electron chi connectivity index (χ4n) is 4.13. The van der Waals surface area contributed by atoms with Crippen molar-refractivity contribution in [3.63, 3.8) is 0 Å². The molecule has 0 saturated heterocycles. The Bertz CT molecular complexity index is 1010. The Morgan fingerprint density at radius 1 is 1.23 bits per heavy atom. The Balaban J connectivity index is 1.83. The van der Waals surface area contributed by atoms with Gasteiger partial charge in [-0.1, -0.05) is 44.9 Å². The molecule has 1 aliphatic carbocycles. The minimum atomic E-state index is -3.54. The molecule has 172 valence electrons. The van der Waals surface area contributed by atoms with Gasteiger partial charge in [-0.3, -0.25) is 4.79 Å². The Morgan fingerprint density at radius 2 is 1.90 bits per heavy atom. The number of imidazole rings is 1. The molecule has 0 spiro atoms. The molecule has 1 aromatic heterocycles. The minimum Gasteiger partial charge on any atom is -0.352 e. The van der Waals surface area contributed by atoms with Crippen molar-refractivity contribution in [1.82, 2.24) is 19.2 Å². The van der Waals surface area contributed by atoms with E-state index < -0.39 is 10.0 Å². The molecule has 1 amide bonds. The Morgan fingerprint density at radius 3 is 2.52 bits per heavy atom. The summed E-state index contributed by atoms with van der Waals surface area (Å²) in [5, 5.41) is 3.64. The number of hydrogen-bond donors (Lipinski definition) is 1. The molecular weight excluding hydrogens is 432 g/mol. The zero-order valence-corrected chi connectivity index (χ0v) is 20.6. The molecule has 1 saturated carbocycles. The fraction of sp³-hybridized carbons (Fsp3) is 0.636. The maximum atomic E-state index is 12.9. The van der Waals surface area contributed by atoms with Crippen LogP contribution in [-0.2, 0) is 21.4 Å². The van der Waals surface area contributed by atoms with E-state index in [1.54, 1.807) is 12.1 Å². The molecule has 1 atom stereocenters. The lowest BCUT2D eigenvalue weighted by Crippen LogP contribution is -2.40. The summed E-state index contributed by atoms with van der Waals surface area (Å²) in [5.74, 6) is 0.0383. The SMILES string of the molecule is CCN(CC)S(=O)(=O)c1ccc2c(c1)nc(SC(C)C(=O)NC1CCCCC1)n2CC. The molecule has 0 radical (unpaired) electrons. The van der Waals surface area contributed by atoms with Gasteiger partial charge in [-0.25, -0.2) is 13.4 Å². The number of aromatic nitrogens is 2. The number of hydrogen-bond acceptors (Lipinski definition) is 5. The van der Waals surface area contributed by atoms with E-state index in [0.717, 1.165) is 23.5 Å². The van der Waals surface area contributed by atoms with Gasteiger partial charge < -0.3 is 9.88 Å². The van der Waals surface area contributed by atoms with Gasteiger partial charge in [0, 0.05) is 25.7 Å². The molecule has 2 aromatic rings. The van der Waals surface area contributed by atoms with Crippen molar-refractivity contribution in [1.29, 1.82) is 0 Å². The van der Waals surface area contributed by atoms with Crippen molar-refractivity contribution in [2.24, 2.45) is 0 Å². The van der Waals surface area contributed by atoms with Crippen LogP contribution >= 0.6 is 11.8 Å². The number of amides is 1. The number of nitrogens with zero attached hydrogens (tertiary/aromatic N) is 3. The van der Waals surface area contributed by atoms with Crippen molar-refractivity contribution >= 4 is 38.7 Å². The molecule has 1 fully saturated rings. The zero-order valence-electron chi connectivity index (χ0n) is 18.9. The summed E-state index contributed by atoms with van der Waals surface area (Å²) in [6, 6.07) is 5.39. The highest BCUT2D eigenvalue weighted by Gasteiger charge is 2.25. The number of carbonyl (C=O) groups excluding carboxylic acids is 1. The predicted octanol–water partition coefficient (Wildman–Crippen LogP) is 4.02. The molecule has 1 heterocycles. The van der Waals surface area contributed by atoms with Gasteiger partial charge in [0.2, 0.25) is 15.9 Å². The monoisotopic (exact) mass is 466 g/mol. The van der Waals surface area contributed by atoms with E-state index in [1.807, 2.05) is 38.3 Å². The van der Waals surface area contributed by atoms with Crippen molar-refractivity contribution in [2.45, 2.75) is 87.7 Å². The highest BCUT2D eigenvalue weighted by atomic mass is 32.2. The number of rotatable bonds is 9. The van der Waals surface area contributed by atoms with Crippen molar-refractivity contribution in [3.05, 3.63) is 18.2 Å². The number of sulfonamides is 1. The summed E-state index contributed by atoms with van der Waals surface area (Å²) in [4.78, 5) is 17.7. The summed E-state index contributed by atoms with van der Waals surface area (Å²) in [6.07, 6.45) is 5.72. The van der Waals surface area contributed by atoms with Crippen LogP contribution in [0.3, 0.4) is 0 Å². The van der Waals surface area contributed by atoms with Crippen LogP contribution in [0.2, 0.25) is 0 Å². The van der Waals surface area contributed by atoms with Crippen molar-refractivity contribution < 1.29 is 13.2 Å². The normalized spacial score (nSPS) is 16.7. The minimum absolute atomic E-state index is 0.0383. The maximum absolute atomic E-state index is 12.9. The van der Waals surface area contributed by atoms with E-state index in [2.05, 4.69) is 5.32 Å². The van der Waals surface area contributed by atoms with Gasteiger partial charge in [0.1, 0.15) is 0 Å². The van der Waals surface area contributed by atoms with Crippen LogP contribution in [0.1, 0.15) is 59.8 Å². The van der Waals surface area contributed by atoms with Gasteiger partial charge in [0.05, 0.1) is 21.2 Å². The third-order valence-corrected chi connectivity index (χ3v) is 9.08. The number of benzene rings is 1. The topological polar surface area (TPSA) is 84.3 Å². The van der Waals surface area contributed by atoms with E-state index in [4.69, 9.17) is 4.98 Å². The van der Waals surface area contributed by atoms with E-state index in [-0.39, 0.29) is 22.1 Å². The standard InChI is InChI=1S/C22H34N4O3S2/c1-5-25(6-2)31(28,29)18-13-14-20-19(15-18)24-22(26(20)7-3)30-16(4)21(27)23-17-11-9-8-10-12-17/h13-17H,5-12H2,1-4H3,(H,23,27). The molecule has 31 heavy (non-hydrogen) atoms. The number of fused-ring (bicyclic) bond motifs is 1. The molecule has 0 bridgehead atoms. The lowest BCUT2D eigenvalue weighted by molar-refractivity contribution is -0.121. The largest absolute Gasteiger partial charge is 0.352 e. The van der Waals surface area contributed by atoms with Crippen LogP contribution in [0.5, 0.6) is 0 Å². The highest BCUT2D eigenvalue weighted by molar-refractivity contribution is 8.00. The molecule has 9 heteroatoms. The number of aryl methyl sites for hydroxylation is 1. The lowest BCUT2D eigenvalue weighted by atomic mass is 9.95. The smallest absolute Gasteiger partial charge is 0.243 e. The van der Waals surface area contributed by atoms with Gasteiger partial charge in [-0.15, -0.1) is 0 Å². The van der Waals surface area contributed by atoms with Crippen LogP contribution in [0.15, 0.2) is 28.3 Å². The first-order valence-corrected chi connectivity index (χ1v) is 13.6. The summed E-state index contributed by atoms with van der Waals surface area (Å²) in [6.45, 7) is 9.14. The first-order chi connectivity index (χ1) is 14.8. The first-order valence-electron chi connectivity index (χ1n) is 11.3. The predicted molar refractivity (Wildman–Crippen MR) is 126 cm³/mol. The fourth-order valence-corrected chi connectivity index (χ4v) is 6.61. The Hall–Kier alpha value is -1.58. The lowest BCUT2D eigenvalue weighted by Gasteiger charge is -2.24. The van der Waals surface area contributed by atoms with Crippen LogP contribution in [0, 0.1) is 0 Å². The summed E-state index contributed by atoms with van der Waals surface area (Å²) < 4.78 is 29.3. The average Bonchev–Trinajstić information content (AvgIpc) is 3.11. The van der Waals surface area contributed by atoms with Crippen LogP contribution in [0.4, 0.5) is 0 Å². The molecule has 1 aliphatic rings. The first kappa shape index (κ1) is 24.1. The summed E-state index contributed by atoms with van der Waals surface area (Å²) in [7, 11) is -3.54. The molecule has 0 aliphatic heterocycles. The Kier molecular flexibility index (Phi) is 8.04. The summed E-state index contributed by atoms with van der Waals surface area (Å²) >= 11 is 1.43. The second-order valence-corrected chi connectivity index (χ2v) is 11.2. The van der Waals surface area contributed by atoms with Crippen LogP contribution in [-0.4, -0.2) is 52.6 Å². The third-order valence-electron chi connectivity index (χ3n) is 5.95.